The van der Waals surface area contributed by atoms with Crippen molar-refractivity contribution in [3.8, 4) is 0 Å². The molecule has 1 N–H and O–H groups in total. The third-order valence-electron chi connectivity index (χ3n) is 5.00. The highest BCUT2D eigenvalue weighted by Crippen LogP contribution is 2.28. The van der Waals surface area contributed by atoms with E-state index < -0.39 is 15.6 Å². The molecule has 0 aliphatic carbocycles. The fourth-order valence-electron chi connectivity index (χ4n) is 3.45. The Kier molecular flexibility index (Phi) is 6.43. The van der Waals surface area contributed by atoms with E-state index in [4.69, 9.17) is 4.74 Å². The summed E-state index contributed by atoms with van der Waals surface area (Å²) in [6.07, 6.45) is 4.63. The smallest absolute Gasteiger partial charge is 0.241 e. The molecule has 1 aliphatic rings. The predicted molar refractivity (Wildman–Crippen MR) is 105 cm³/mol. The van der Waals surface area contributed by atoms with E-state index in [1.54, 1.807) is 54.7 Å². The van der Waals surface area contributed by atoms with E-state index >= 15 is 0 Å². The summed E-state index contributed by atoms with van der Waals surface area (Å²) >= 11 is 0. The van der Waals surface area contributed by atoms with Gasteiger partial charge in [-0.15, -0.1) is 0 Å². The molecule has 1 unspecified atom stereocenters. The normalized spacial score (nSPS) is 19.7. The van der Waals surface area contributed by atoms with E-state index in [1.165, 1.54) is 0 Å². The van der Waals surface area contributed by atoms with Crippen LogP contribution in [0.4, 0.5) is 0 Å². The van der Waals surface area contributed by atoms with Gasteiger partial charge in [0.05, 0.1) is 16.9 Å². The average Bonchev–Trinajstić information content (AvgIpc) is 3.11. The van der Waals surface area contributed by atoms with Gasteiger partial charge in [-0.3, -0.25) is 9.78 Å². The van der Waals surface area contributed by atoms with Crippen molar-refractivity contribution >= 4 is 15.9 Å². The van der Waals surface area contributed by atoms with Gasteiger partial charge in [0.25, 0.3) is 0 Å². The van der Waals surface area contributed by atoms with Gasteiger partial charge in [-0.2, -0.15) is 0 Å². The van der Waals surface area contributed by atoms with Crippen LogP contribution in [0.15, 0.2) is 59.8 Å². The number of hydrogen-bond acceptors (Lipinski definition) is 5. The van der Waals surface area contributed by atoms with Crippen molar-refractivity contribution in [2.24, 2.45) is 0 Å². The first-order valence-electron chi connectivity index (χ1n) is 9.19. The first kappa shape index (κ1) is 20.4. The summed E-state index contributed by atoms with van der Waals surface area (Å²) in [6.45, 7) is 1.24. The number of rotatable bonds is 8. The van der Waals surface area contributed by atoms with Crippen LogP contribution in [0.3, 0.4) is 0 Å². The zero-order chi connectivity index (χ0) is 20.0. The molecular weight excluding hydrogens is 378 g/mol. The lowest BCUT2D eigenvalue weighted by molar-refractivity contribution is -0.129. The largest absolute Gasteiger partial charge is 0.385 e. The van der Waals surface area contributed by atoms with Gasteiger partial charge < -0.3 is 9.64 Å². The molecule has 2 aromatic rings. The van der Waals surface area contributed by atoms with Crippen LogP contribution in [-0.4, -0.2) is 56.6 Å². The van der Waals surface area contributed by atoms with Crippen molar-refractivity contribution in [3.63, 3.8) is 0 Å². The molecule has 0 radical (unpaired) electrons. The van der Waals surface area contributed by atoms with Gasteiger partial charge in [-0.25, -0.2) is 13.1 Å². The van der Waals surface area contributed by atoms with Crippen LogP contribution in [0.2, 0.25) is 0 Å². The number of likely N-dealkylation sites (tertiary alicyclic amines) is 1. The van der Waals surface area contributed by atoms with E-state index in [2.05, 4.69) is 9.71 Å². The summed E-state index contributed by atoms with van der Waals surface area (Å²) in [4.78, 5) is 18.6. The minimum Gasteiger partial charge on any atom is -0.385 e. The summed E-state index contributed by atoms with van der Waals surface area (Å²) in [7, 11) is -2.11. The number of carbonyl (C=O) groups is 1. The number of amides is 1. The van der Waals surface area contributed by atoms with Crippen molar-refractivity contribution < 1.29 is 17.9 Å². The Balaban J connectivity index is 1.74. The Morgan fingerprint density at radius 2 is 1.93 bits per heavy atom. The number of methoxy groups -OCH3 is 1. The molecule has 1 aliphatic heterocycles. The quantitative estimate of drug-likeness (QED) is 0.723. The third kappa shape index (κ3) is 4.95. The van der Waals surface area contributed by atoms with E-state index in [9.17, 15) is 13.2 Å². The molecule has 0 bridgehead atoms. The molecule has 28 heavy (non-hydrogen) atoms. The summed E-state index contributed by atoms with van der Waals surface area (Å²) in [5, 5.41) is 0. The number of hydrogen-bond donors (Lipinski definition) is 1. The molecule has 1 aromatic heterocycles. The van der Waals surface area contributed by atoms with Crippen molar-refractivity contribution in [2.75, 3.05) is 26.8 Å². The summed E-state index contributed by atoms with van der Waals surface area (Å²) in [6, 6.07) is 11.9. The molecular formula is C20H25N3O4S. The van der Waals surface area contributed by atoms with Crippen LogP contribution in [0, 0.1) is 0 Å². The van der Waals surface area contributed by atoms with Crippen molar-refractivity contribution in [1.82, 2.24) is 14.6 Å². The van der Waals surface area contributed by atoms with Crippen LogP contribution < -0.4 is 4.72 Å². The van der Waals surface area contributed by atoms with Gasteiger partial charge in [0.2, 0.25) is 15.9 Å². The molecule has 1 fully saturated rings. The molecule has 150 valence electrons. The van der Waals surface area contributed by atoms with Gasteiger partial charge in [-0.05, 0) is 42.7 Å². The number of aromatic nitrogens is 1. The molecule has 8 heteroatoms. The molecule has 0 spiro atoms. The number of ether oxygens (including phenoxy) is 1. The lowest BCUT2D eigenvalue weighted by Gasteiger charge is -2.30. The Hall–Kier alpha value is -2.29. The average molecular weight is 404 g/mol. The molecule has 7 nitrogen and oxygen atoms in total. The highest BCUT2D eigenvalue weighted by molar-refractivity contribution is 7.89. The molecule has 1 atom stereocenters. The molecule has 1 saturated heterocycles. The maximum absolute atomic E-state index is 12.9. The first-order chi connectivity index (χ1) is 13.4. The lowest BCUT2D eigenvalue weighted by Crippen LogP contribution is -2.51. The number of nitrogens with zero attached hydrogens (tertiary/aromatic N) is 2. The molecule has 1 amide bonds. The second-order valence-corrected chi connectivity index (χ2v) is 8.72. The third-order valence-corrected chi connectivity index (χ3v) is 6.59. The van der Waals surface area contributed by atoms with Crippen LogP contribution in [0.5, 0.6) is 0 Å². The number of sulfonamides is 1. The van der Waals surface area contributed by atoms with E-state index in [0.29, 0.717) is 32.5 Å². The molecule has 3 rings (SSSR count). The number of pyridine rings is 1. The van der Waals surface area contributed by atoms with Gasteiger partial charge in [-0.1, -0.05) is 18.2 Å². The molecule has 0 saturated carbocycles. The minimum absolute atomic E-state index is 0.0237. The summed E-state index contributed by atoms with van der Waals surface area (Å²) < 4.78 is 33.8. The standard InChI is InChI=1S/C20H25N3O4S/c1-27-14-10-20(22-28(25,26)18-5-3-2-4-6-18)9-13-23(16-20)19(24)15-17-7-11-21-12-8-17/h2-8,11-12,22H,9-10,13-16H2,1H3. The number of nitrogens with one attached hydrogen (secondary N) is 1. The monoisotopic (exact) mass is 403 g/mol. The van der Waals surface area contributed by atoms with Crippen LogP contribution in [-0.2, 0) is 26.0 Å². The first-order valence-corrected chi connectivity index (χ1v) is 10.7. The van der Waals surface area contributed by atoms with Crippen LogP contribution in [0.25, 0.3) is 0 Å². The van der Waals surface area contributed by atoms with Gasteiger partial charge >= 0.3 is 0 Å². The highest BCUT2D eigenvalue weighted by atomic mass is 32.2. The summed E-state index contributed by atoms with van der Waals surface area (Å²) in [5.41, 5.74) is 0.151. The molecule has 2 heterocycles. The van der Waals surface area contributed by atoms with E-state index in [1.807, 2.05) is 12.1 Å². The van der Waals surface area contributed by atoms with Crippen LogP contribution >= 0.6 is 0 Å². The minimum atomic E-state index is -3.69. The van der Waals surface area contributed by atoms with Gasteiger partial charge in [0.15, 0.2) is 0 Å². The topological polar surface area (TPSA) is 88.6 Å². The Bertz CT molecular complexity index is 890. The number of benzene rings is 1. The fourth-order valence-corrected chi connectivity index (χ4v) is 4.92. The summed E-state index contributed by atoms with van der Waals surface area (Å²) in [5.74, 6) is -0.0237. The Morgan fingerprint density at radius 3 is 2.61 bits per heavy atom. The fraction of sp³-hybridized carbons (Fsp3) is 0.400. The Morgan fingerprint density at radius 1 is 1.21 bits per heavy atom. The zero-order valence-corrected chi connectivity index (χ0v) is 16.7. The zero-order valence-electron chi connectivity index (χ0n) is 15.9. The lowest BCUT2D eigenvalue weighted by atomic mass is 9.96. The van der Waals surface area contributed by atoms with Crippen molar-refractivity contribution in [3.05, 3.63) is 60.4 Å². The van der Waals surface area contributed by atoms with Crippen molar-refractivity contribution in [1.29, 1.82) is 0 Å². The van der Waals surface area contributed by atoms with E-state index in [0.717, 1.165) is 5.56 Å². The van der Waals surface area contributed by atoms with Gasteiger partial charge in [0, 0.05) is 39.2 Å². The second-order valence-electron chi connectivity index (χ2n) is 7.04. The highest BCUT2D eigenvalue weighted by Gasteiger charge is 2.42. The second kappa shape index (κ2) is 8.81. The van der Waals surface area contributed by atoms with Crippen LogP contribution in [0.1, 0.15) is 18.4 Å². The predicted octanol–water partition coefficient (Wildman–Crippen LogP) is 1.61. The SMILES string of the molecule is COCCC1(NS(=O)(=O)c2ccccc2)CCN(C(=O)Cc2ccncc2)C1. The maximum Gasteiger partial charge on any atom is 0.241 e. The molecule has 1 aromatic carbocycles. The maximum atomic E-state index is 12.9. The Labute approximate surface area is 165 Å². The van der Waals surface area contributed by atoms with E-state index in [-0.39, 0.29) is 17.2 Å². The van der Waals surface area contributed by atoms with Crippen molar-refractivity contribution in [2.45, 2.75) is 29.7 Å². The van der Waals surface area contributed by atoms with Gasteiger partial charge in [0.1, 0.15) is 0 Å². The number of carbonyl (C=O) groups excluding carboxylic acids is 1.